The third-order valence-corrected chi connectivity index (χ3v) is 2.43. The summed E-state index contributed by atoms with van der Waals surface area (Å²) in [5, 5.41) is 9.11. The van der Waals surface area contributed by atoms with Crippen molar-refractivity contribution in [2.24, 2.45) is 0 Å². The van der Waals surface area contributed by atoms with Crippen molar-refractivity contribution in [3.63, 3.8) is 0 Å². The van der Waals surface area contributed by atoms with Crippen LogP contribution >= 0.6 is 0 Å². The lowest BCUT2D eigenvalue weighted by Crippen LogP contribution is -2.06. The first-order chi connectivity index (χ1) is 7.70. The van der Waals surface area contributed by atoms with Crippen molar-refractivity contribution in [1.29, 1.82) is 0 Å². The first-order valence-corrected chi connectivity index (χ1v) is 5.38. The molecule has 0 radical (unpaired) electrons. The summed E-state index contributed by atoms with van der Waals surface area (Å²) in [5.41, 5.74) is 2.58. The van der Waals surface area contributed by atoms with Crippen LogP contribution in [0.2, 0.25) is 0 Å². The number of methoxy groups -OCH3 is 1. The maximum Gasteiger partial charge on any atom is 0.128 e. The Morgan fingerprint density at radius 2 is 2.06 bits per heavy atom. The van der Waals surface area contributed by atoms with Crippen molar-refractivity contribution in [2.75, 3.05) is 20.3 Å². The van der Waals surface area contributed by atoms with Gasteiger partial charge in [0.25, 0.3) is 0 Å². The van der Waals surface area contributed by atoms with Crippen LogP contribution in [0.25, 0.3) is 0 Å². The summed E-state index contributed by atoms with van der Waals surface area (Å²) in [6, 6.07) is 0. The van der Waals surface area contributed by atoms with E-state index in [9.17, 15) is 0 Å². The van der Waals surface area contributed by atoms with Crippen LogP contribution in [-0.2, 0) is 11.3 Å². The van der Waals surface area contributed by atoms with Gasteiger partial charge in [-0.05, 0) is 13.8 Å². The van der Waals surface area contributed by atoms with Crippen molar-refractivity contribution in [1.82, 2.24) is 4.98 Å². The zero-order chi connectivity index (χ0) is 12.0. The second-order valence-corrected chi connectivity index (χ2v) is 3.69. The summed E-state index contributed by atoms with van der Waals surface area (Å²) in [7, 11) is 1.67. The fourth-order valence-corrected chi connectivity index (χ4v) is 1.52. The van der Waals surface area contributed by atoms with Gasteiger partial charge in [-0.1, -0.05) is 0 Å². The third kappa shape index (κ3) is 3.18. The van der Waals surface area contributed by atoms with Gasteiger partial charge in [-0.25, -0.2) is 0 Å². The van der Waals surface area contributed by atoms with Gasteiger partial charge in [0.1, 0.15) is 5.75 Å². The van der Waals surface area contributed by atoms with Crippen LogP contribution in [-0.4, -0.2) is 30.4 Å². The molecule has 1 rings (SSSR count). The number of nitrogens with zero attached hydrogens (tertiary/aromatic N) is 1. The number of rotatable bonds is 6. The lowest BCUT2D eigenvalue weighted by atomic mass is 10.1. The number of ether oxygens (including phenoxy) is 2. The zero-order valence-electron chi connectivity index (χ0n) is 10.1. The van der Waals surface area contributed by atoms with Crippen LogP contribution in [0.1, 0.15) is 23.2 Å². The standard InChI is InChI=1S/C12H19NO3/c1-9-7-13-11(8-14)10(2)12(9)16-6-4-5-15-3/h7,14H,4-6,8H2,1-3H3. The second kappa shape index (κ2) is 6.45. The van der Waals surface area contributed by atoms with E-state index in [1.165, 1.54) is 0 Å². The van der Waals surface area contributed by atoms with Gasteiger partial charge in [0.05, 0.1) is 18.9 Å². The van der Waals surface area contributed by atoms with E-state index in [1.54, 1.807) is 13.3 Å². The molecular weight excluding hydrogens is 206 g/mol. The molecule has 1 N–H and O–H groups in total. The van der Waals surface area contributed by atoms with Gasteiger partial charge in [-0.2, -0.15) is 0 Å². The Balaban J connectivity index is 2.70. The number of aliphatic hydroxyl groups is 1. The SMILES string of the molecule is COCCCOc1c(C)cnc(CO)c1C. The van der Waals surface area contributed by atoms with Gasteiger partial charge in [0.2, 0.25) is 0 Å². The molecule has 4 heteroatoms. The molecular formula is C12H19NO3. The van der Waals surface area contributed by atoms with Crippen molar-refractivity contribution in [2.45, 2.75) is 26.9 Å². The van der Waals surface area contributed by atoms with E-state index in [0.717, 1.165) is 23.3 Å². The lowest BCUT2D eigenvalue weighted by Gasteiger charge is -2.13. The molecule has 0 unspecified atom stereocenters. The predicted molar refractivity (Wildman–Crippen MR) is 61.6 cm³/mol. The Kier molecular flexibility index (Phi) is 5.22. The maximum atomic E-state index is 9.11. The molecule has 1 heterocycles. The summed E-state index contributed by atoms with van der Waals surface area (Å²) >= 11 is 0. The van der Waals surface area contributed by atoms with E-state index in [-0.39, 0.29) is 6.61 Å². The molecule has 4 nitrogen and oxygen atoms in total. The first-order valence-electron chi connectivity index (χ1n) is 5.38. The summed E-state index contributed by atoms with van der Waals surface area (Å²) in [5.74, 6) is 0.829. The highest BCUT2D eigenvalue weighted by molar-refractivity contribution is 5.40. The zero-order valence-corrected chi connectivity index (χ0v) is 10.1. The Bertz CT molecular complexity index is 339. The van der Waals surface area contributed by atoms with Gasteiger partial charge in [0.15, 0.2) is 0 Å². The van der Waals surface area contributed by atoms with E-state index < -0.39 is 0 Å². The second-order valence-electron chi connectivity index (χ2n) is 3.69. The average Bonchev–Trinajstić information content (AvgIpc) is 2.28. The number of hydrogen-bond donors (Lipinski definition) is 1. The molecule has 0 saturated carbocycles. The number of hydrogen-bond acceptors (Lipinski definition) is 4. The summed E-state index contributed by atoms with van der Waals surface area (Å²) in [4.78, 5) is 4.15. The van der Waals surface area contributed by atoms with Crippen LogP contribution < -0.4 is 4.74 Å². The largest absolute Gasteiger partial charge is 0.493 e. The highest BCUT2D eigenvalue weighted by Crippen LogP contribution is 2.24. The minimum atomic E-state index is -0.0550. The average molecular weight is 225 g/mol. The number of pyridine rings is 1. The van der Waals surface area contributed by atoms with E-state index in [2.05, 4.69) is 4.98 Å². The van der Waals surface area contributed by atoms with Crippen molar-refractivity contribution in [3.8, 4) is 5.75 Å². The number of aliphatic hydroxyl groups excluding tert-OH is 1. The molecule has 0 spiro atoms. The molecule has 0 saturated heterocycles. The molecule has 0 bridgehead atoms. The molecule has 1 aromatic rings. The van der Waals surface area contributed by atoms with Crippen molar-refractivity contribution >= 4 is 0 Å². The Labute approximate surface area is 96.2 Å². The molecule has 0 aliphatic rings. The monoisotopic (exact) mass is 225 g/mol. The molecule has 0 fully saturated rings. The molecule has 0 amide bonds. The fourth-order valence-electron chi connectivity index (χ4n) is 1.52. The lowest BCUT2D eigenvalue weighted by molar-refractivity contribution is 0.171. The van der Waals surface area contributed by atoms with Crippen molar-refractivity contribution in [3.05, 3.63) is 23.0 Å². The van der Waals surface area contributed by atoms with Crippen molar-refractivity contribution < 1.29 is 14.6 Å². The summed E-state index contributed by atoms with van der Waals surface area (Å²) in [6.45, 7) is 5.12. The third-order valence-electron chi connectivity index (χ3n) is 2.43. The molecule has 0 aliphatic heterocycles. The molecule has 0 atom stereocenters. The number of aromatic nitrogens is 1. The van der Waals surface area contributed by atoms with Crippen LogP contribution in [0.5, 0.6) is 5.75 Å². The topological polar surface area (TPSA) is 51.6 Å². The highest BCUT2D eigenvalue weighted by atomic mass is 16.5. The normalized spacial score (nSPS) is 10.5. The molecule has 0 aromatic carbocycles. The van der Waals surface area contributed by atoms with Gasteiger partial charge >= 0.3 is 0 Å². The van der Waals surface area contributed by atoms with Crippen LogP contribution in [0.15, 0.2) is 6.20 Å². The fraction of sp³-hybridized carbons (Fsp3) is 0.583. The minimum absolute atomic E-state index is 0.0550. The van der Waals surface area contributed by atoms with E-state index in [4.69, 9.17) is 14.6 Å². The first kappa shape index (κ1) is 12.9. The van der Waals surface area contributed by atoms with Crippen LogP contribution in [0.3, 0.4) is 0 Å². The summed E-state index contributed by atoms with van der Waals surface area (Å²) in [6.07, 6.45) is 2.58. The quantitative estimate of drug-likeness (QED) is 0.747. The molecule has 90 valence electrons. The van der Waals surface area contributed by atoms with Crippen LogP contribution in [0.4, 0.5) is 0 Å². The molecule has 16 heavy (non-hydrogen) atoms. The minimum Gasteiger partial charge on any atom is -0.493 e. The van der Waals surface area contributed by atoms with Gasteiger partial charge in [0, 0.05) is 37.5 Å². The van der Waals surface area contributed by atoms with E-state index in [0.29, 0.717) is 18.9 Å². The van der Waals surface area contributed by atoms with Gasteiger partial charge < -0.3 is 14.6 Å². The Morgan fingerprint density at radius 1 is 1.31 bits per heavy atom. The van der Waals surface area contributed by atoms with E-state index >= 15 is 0 Å². The number of aryl methyl sites for hydroxylation is 1. The maximum absolute atomic E-state index is 9.11. The van der Waals surface area contributed by atoms with E-state index in [1.807, 2.05) is 13.8 Å². The van der Waals surface area contributed by atoms with Gasteiger partial charge in [-0.15, -0.1) is 0 Å². The Morgan fingerprint density at radius 3 is 2.69 bits per heavy atom. The molecule has 0 aliphatic carbocycles. The highest BCUT2D eigenvalue weighted by Gasteiger charge is 2.09. The molecule has 1 aromatic heterocycles. The predicted octanol–water partition coefficient (Wildman–Crippen LogP) is 1.61. The van der Waals surface area contributed by atoms with Gasteiger partial charge in [-0.3, -0.25) is 4.98 Å². The van der Waals surface area contributed by atoms with Crippen LogP contribution in [0, 0.1) is 13.8 Å². The smallest absolute Gasteiger partial charge is 0.128 e. The summed E-state index contributed by atoms with van der Waals surface area (Å²) < 4.78 is 10.6. The Hall–Kier alpha value is -1.13.